The molecule has 9 heteroatoms. The lowest BCUT2D eigenvalue weighted by Crippen LogP contribution is -2.36. The summed E-state index contributed by atoms with van der Waals surface area (Å²) in [5.74, 6) is 2.48. The molecule has 0 spiro atoms. The Labute approximate surface area is 216 Å². The van der Waals surface area contributed by atoms with Crippen molar-refractivity contribution < 1.29 is 9.53 Å². The summed E-state index contributed by atoms with van der Waals surface area (Å²) >= 11 is 0. The van der Waals surface area contributed by atoms with Crippen molar-refractivity contribution in [3.05, 3.63) is 72.6 Å². The molecule has 0 unspecified atom stereocenters. The molecule has 1 fully saturated rings. The van der Waals surface area contributed by atoms with E-state index in [1.54, 1.807) is 6.08 Å². The van der Waals surface area contributed by atoms with Crippen molar-refractivity contribution >= 4 is 17.5 Å². The molecule has 4 rings (SSSR count). The molecule has 1 saturated heterocycles. The fraction of sp³-hybridized carbons (Fsp3) is 0.286. The first kappa shape index (κ1) is 25.7. The number of nitrogen functional groups attached to an aromatic ring is 1. The van der Waals surface area contributed by atoms with Crippen molar-refractivity contribution in [3.63, 3.8) is 0 Å². The third-order valence-electron chi connectivity index (χ3n) is 6.44. The van der Waals surface area contributed by atoms with Crippen LogP contribution in [-0.4, -0.2) is 47.0 Å². The molecule has 190 valence electrons. The quantitative estimate of drug-likeness (QED) is 0.282. The largest absolute Gasteiger partial charge is 0.457 e. The minimum Gasteiger partial charge on any atom is -0.457 e. The zero-order chi connectivity index (χ0) is 26.0. The summed E-state index contributed by atoms with van der Waals surface area (Å²) in [5, 5.41) is 12.4. The number of nitriles is 1. The summed E-state index contributed by atoms with van der Waals surface area (Å²) in [5.41, 5.74) is 13.2. The molecule has 0 radical (unpaired) electrons. The number of amides is 1. The molecule has 3 aromatic rings. The maximum atomic E-state index is 11.2. The lowest BCUT2D eigenvalue weighted by atomic mass is 9.96. The minimum absolute atomic E-state index is 0.0253. The highest BCUT2D eigenvalue weighted by Crippen LogP contribution is 2.33. The number of piperidine rings is 1. The number of carbonyl (C=O) groups is 1. The van der Waals surface area contributed by atoms with Gasteiger partial charge in [0.05, 0.1) is 5.56 Å². The van der Waals surface area contributed by atoms with Gasteiger partial charge in [0.1, 0.15) is 41.1 Å². The number of likely N-dealkylation sites (tertiary alicyclic amines) is 1. The number of carbonyl (C=O) groups excluding carboxylic acids is 1. The maximum Gasteiger partial charge on any atom is 0.259 e. The highest BCUT2D eigenvalue weighted by atomic mass is 16.5. The topological polar surface area (TPSA) is 143 Å². The molecule has 37 heavy (non-hydrogen) atoms. The van der Waals surface area contributed by atoms with Gasteiger partial charge in [0.15, 0.2) is 0 Å². The van der Waals surface area contributed by atoms with Crippen molar-refractivity contribution in [3.8, 4) is 28.7 Å². The van der Waals surface area contributed by atoms with E-state index < -0.39 is 5.91 Å². The van der Waals surface area contributed by atoms with E-state index >= 15 is 0 Å². The zero-order valence-electron chi connectivity index (χ0n) is 20.6. The second-order valence-corrected chi connectivity index (χ2v) is 8.97. The number of aromatic nitrogens is 2. The number of primary amides is 1. The smallest absolute Gasteiger partial charge is 0.259 e. The van der Waals surface area contributed by atoms with Crippen molar-refractivity contribution in [1.29, 1.82) is 5.26 Å². The Balaban J connectivity index is 1.32. The number of hydrogen-bond donors (Lipinski definition) is 3. The van der Waals surface area contributed by atoms with E-state index in [2.05, 4.69) is 20.2 Å². The predicted octanol–water partition coefficient (Wildman–Crippen LogP) is 3.97. The van der Waals surface area contributed by atoms with Crippen molar-refractivity contribution in [1.82, 2.24) is 14.9 Å². The Hall–Kier alpha value is -4.42. The summed E-state index contributed by atoms with van der Waals surface area (Å²) in [6.45, 7) is 3.50. The first-order valence-corrected chi connectivity index (χ1v) is 12.3. The summed E-state index contributed by atoms with van der Waals surface area (Å²) in [6, 6.07) is 19.2. The third-order valence-corrected chi connectivity index (χ3v) is 6.44. The Morgan fingerprint density at radius 2 is 1.81 bits per heavy atom. The van der Waals surface area contributed by atoms with Gasteiger partial charge in [-0.05, 0) is 68.1 Å². The number of hydrogen-bond acceptors (Lipinski definition) is 8. The van der Waals surface area contributed by atoms with Crippen LogP contribution in [0, 0.1) is 17.2 Å². The lowest BCUT2D eigenvalue weighted by molar-refractivity contribution is -0.114. The molecule has 0 atom stereocenters. The number of para-hydroxylation sites is 1. The van der Waals surface area contributed by atoms with Gasteiger partial charge in [0, 0.05) is 13.1 Å². The van der Waals surface area contributed by atoms with E-state index in [0.717, 1.165) is 61.6 Å². The molecule has 2 aromatic carbocycles. The molecular formula is C28H31N7O2. The molecule has 9 nitrogen and oxygen atoms in total. The summed E-state index contributed by atoms with van der Waals surface area (Å²) in [4.78, 5) is 22.2. The van der Waals surface area contributed by atoms with Gasteiger partial charge in [0.2, 0.25) is 0 Å². The average molecular weight is 498 g/mol. The monoisotopic (exact) mass is 497 g/mol. The van der Waals surface area contributed by atoms with E-state index in [0.29, 0.717) is 24.0 Å². The average Bonchev–Trinajstić information content (AvgIpc) is 2.92. The van der Waals surface area contributed by atoms with Gasteiger partial charge in [-0.3, -0.25) is 4.79 Å². The molecule has 5 N–H and O–H groups in total. The van der Waals surface area contributed by atoms with Crippen LogP contribution < -0.4 is 21.5 Å². The first-order valence-electron chi connectivity index (χ1n) is 12.3. The number of benzene rings is 2. The molecule has 2 heterocycles. The van der Waals surface area contributed by atoms with Gasteiger partial charge in [-0.1, -0.05) is 36.4 Å². The molecule has 0 aliphatic carbocycles. The zero-order valence-corrected chi connectivity index (χ0v) is 20.6. The van der Waals surface area contributed by atoms with Crippen molar-refractivity contribution in [2.45, 2.75) is 19.3 Å². The summed E-state index contributed by atoms with van der Waals surface area (Å²) in [6.07, 6.45) is 5.81. The van der Waals surface area contributed by atoms with E-state index in [-0.39, 0.29) is 5.57 Å². The summed E-state index contributed by atoms with van der Waals surface area (Å²) < 4.78 is 5.90. The lowest BCUT2D eigenvalue weighted by Gasteiger charge is -2.32. The molecule has 0 bridgehead atoms. The van der Waals surface area contributed by atoms with Crippen molar-refractivity contribution in [2.24, 2.45) is 11.7 Å². The van der Waals surface area contributed by atoms with E-state index in [4.69, 9.17) is 21.5 Å². The summed E-state index contributed by atoms with van der Waals surface area (Å²) in [7, 11) is 0. The molecule has 1 aliphatic heterocycles. The SMILES string of the molecule is N#CC(=CCCN1CCC(CNc2ncnc(N)c2-c2ccc(Oc3ccccc3)cc2)CC1)C(N)=O. The molecule has 1 aromatic heterocycles. The van der Waals surface area contributed by atoms with Crippen LogP contribution in [0.4, 0.5) is 11.6 Å². The Morgan fingerprint density at radius 1 is 1.11 bits per heavy atom. The number of ether oxygens (including phenoxy) is 1. The Bertz CT molecular complexity index is 1260. The van der Waals surface area contributed by atoms with Crippen LogP contribution in [0.1, 0.15) is 19.3 Å². The fourth-order valence-corrected chi connectivity index (χ4v) is 4.38. The number of nitrogens with one attached hydrogen (secondary N) is 1. The highest BCUT2D eigenvalue weighted by Gasteiger charge is 2.20. The van der Waals surface area contributed by atoms with Gasteiger partial charge in [-0.15, -0.1) is 0 Å². The van der Waals surface area contributed by atoms with Crippen LogP contribution >= 0.6 is 0 Å². The van der Waals surface area contributed by atoms with Gasteiger partial charge in [-0.2, -0.15) is 5.26 Å². The number of rotatable bonds is 10. The standard InChI is InChI=1S/C28H31N7O2/c29-17-22(27(31)36)5-4-14-35-15-12-20(13-16-35)18-32-28-25(26(30)33-19-34-28)21-8-10-24(11-9-21)37-23-6-2-1-3-7-23/h1-3,5-11,19-20H,4,12-16,18H2,(H2,31,36)(H3,30,32,33,34). The molecule has 0 saturated carbocycles. The Morgan fingerprint density at radius 3 is 2.49 bits per heavy atom. The number of nitrogens with zero attached hydrogens (tertiary/aromatic N) is 4. The van der Waals surface area contributed by atoms with Gasteiger partial charge in [-0.25, -0.2) is 9.97 Å². The van der Waals surface area contributed by atoms with Crippen LogP contribution in [0.5, 0.6) is 11.5 Å². The molecule has 1 aliphatic rings. The van der Waals surface area contributed by atoms with E-state index in [1.165, 1.54) is 6.33 Å². The van der Waals surface area contributed by atoms with E-state index in [1.807, 2.05) is 60.7 Å². The Kier molecular flexibility index (Phi) is 8.68. The first-order chi connectivity index (χ1) is 18.0. The second-order valence-electron chi connectivity index (χ2n) is 8.97. The number of anilines is 2. The highest BCUT2D eigenvalue weighted by molar-refractivity contribution is 5.95. The maximum absolute atomic E-state index is 11.2. The molecular weight excluding hydrogens is 466 g/mol. The number of nitrogens with two attached hydrogens (primary N) is 2. The fourth-order valence-electron chi connectivity index (χ4n) is 4.38. The normalized spacial score (nSPS) is 14.6. The molecule has 1 amide bonds. The van der Waals surface area contributed by atoms with Gasteiger partial charge in [0.25, 0.3) is 5.91 Å². The van der Waals surface area contributed by atoms with Crippen LogP contribution in [0.2, 0.25) is 0 Å². The van der Waals surface area contributed by atoms with Gasteiger partial charge >= 0.3 is 0 Å². The third kappa shape index (κ3) is 7.06. The second kappa shape index (κ2) is 12.5. The van der Waals surface area contributed by atoms with Crippen LogP contribution in [-0.2, 0) is 4.79 Å². The van der Waals surface area contributed by atoms with Crippen LogP contribution in [0.15, 0.2) is 72.6 Å². The van der Waals surface area contributed by atoms with Gasteiger partial charge < -0.3 is 26.4 Å². The predicted molar refractivity (Wildman–Crippen MR) is 144 cm³/mol. The van der Waals surface area contributed by atoms with E-state index in [9.17, 15) is 4.79 Å². The van der Waals surface area contributed by atoms with Crippen molar-refractivity contribution in [2.75, 3.05) is 37.2 Å². The van der Waals surface area contributed by atoms with Crippen LogP contribution in [0.3, 0.4) is 0 Å². The minimum atomic E-state index is -0.673. The van der Waals surface area contributed by atoms with Crippen LogP contribution in [0.25, 0.3) is 11.1 Å².